The molecule has 4 nitrogen and oxygen atoms in total. The lowest BCUT2D eigenvalue weighted by molar-refractivity contribution is -0.125. The Morgan fingerprint density at radius 2 is 2.05 bits per heavy atom. The summed E-state index contributed by atoms with van der Waals surface area (Å²) in [4.78, 5) is 12.0. The van der Waals surface area contributed by atoms with Crippen LogP contribution in [0.3, 0.4) is 0 Å². The molecule has 0 aromatic carbocycles. The molecule has 4 unspecified atom stereocenters. The molecule has 0 saturated heterocycles. The fourth-order valence-corrected chi connectivity index (χ4v) is 2.91. The van der Waals surface area contributed by atoms with Gasteiger partial charge in [-0.05, 0) is 30.6 Å². The van der Waals surface area contributed by atoms with Crippen LogP contribution in [0.2, 0.25) is 0 Å². The van der Waals surface area contributed by atoms with Crippen molar-refractivity contribution in [3.05, 3.63) is 0 Å². The third-order valence-electron chi connectivity index (χ3n) is 4.03. The average Bonchev–Trinajstić information content (AvgIpc) is 2.28. The largest absolute Gasteiger partial charge is 0.383 e. The van der Waals surface area contributed by atoms with Gasteiger partial charge >= 0.3 is 0 Å². The molecule has 3 N–H and O–H groups in total. The summed E-state index contributed by atoms with van der Waals surface area (Å²) >= 11 is 0. The van der Waals surface area contributed by atoms with Crippen molar-refractivity contribution in [1.82, 2.24) is 5.32 Å². The summed E-state index contributed by atoms with van der Waals surface area (Å²) in [6.45, 7) is 7.00. The predicted molar refractivity (Wildman–Crippen MR) is 80.4 cm³/mol. The Labute approximate surface area is 123 Å². The molecule has 0 aliphatic heterocycles. The van der Waals surface area contributed by atoms with Crippen LogP contribution in [0.15, 0.2) is 0 Å². The number of carbonyl (C=O) groups excluding carboxylic acids is 1. The van der Waals surface area contributed by atoms with Gasteiger partial charge in [0, 0.05) is 13.2 Å². The first kappa shape index (κ1) is 18.7. The molecule has 0 heterocycles. The van der Waals surface area contributed by atoms with Crippen molar-refractivity contribution in [2.24, 2.45) is 23.5 Å². The second kappa shape index (κ2) is 8.77. The van der Waals surface area contributed by atoms with Crippen molar-refractivity contribution < 1.29 is 9.53 Å². The normalized spacial score (nSPS) is 28.6. The molecule has 0 aromatic heterocycles. The molecule has 19 heavy (non-hydrogen) atoms. The zero-order valence-corrected chi connectivity index (χ0v) is 13.3. The fourth-order valence-electron chi connectivity index (χ4n) is 2.91. The minimum Gasteiger partial charge on any atom is -0.383 e. The van der Waals surface area contributed by atoms with Gasteiger partial charge in [-0.25, -0.2) is 0 Å². The van der Waals surface area contributed by atoms with Crippen LogP contribution in [0.25, 0.3) is 0 Å². The highest BCUT2D eigenvalue weighted by Crippen LogP contribution is 2.33. The van der Waals surface area contributed by atoms with Crippen LogP contribution >= 0.6 is 12.4 Å². The van der Waals surface area contributed by atoms with Gasteiger partial charge in [0.25, 0.3) is 0 Å². The van der Waals surface area contributed by atoms with Gasteiger partial charge in [-0.15, -0.1) is 12.4 Å². The molecule has 0 aromatic rings. The van der Waals surface area contributed by atoms with Crippen molar-refractivity contribution in [2.75, 3.05) is 13.7 Å². The monoisotopic (exact) mass is 292 g/mol. The van der Waals surface area contributed by atoms with Crippen LogP contribution in [0.4, 0.5) is 0 Å². The van der Waals surface area contributed by atoms with E-state index in [0.29, 0.717) is 17.8 Å². The summed E-state index contributed by atoms with van der Waals surface area (Å²) in [6, 6.07) is -0.288. The number of nitrogens with two attached hydrogens (primary N) is 1. The summed E-state index contributed by atoms with van der Waals surface area (Å²) < 4.78 is 4.92. The number of methoxy groups -OCH3 is 1. The summed E-state index contributed by atoms with van der Waals surface area (Å²) in [6.07, 6.45) is 3.52. The summed E-state index contributed by atoms with van der Waals surface area (Å²) in [7, 11) is 1.56. The number of ether oxygens (including phenoxy) is 1. The molecular weight excluding hydrogens is 264 g/mol. The van der Waals surface area contributed by atoms with Gasteiger partial charge in [0.2, 0.25) is 5.91 Å². The second-order valence-corrected chi connectivity index (χ2v) is 6.00. The first-order valence-corrected chi connectivity index (χ1v) is 7.00. The standard InChI is InChI=1S/C14H28N2O2.ClH/c1-9(2)11-6-5-10(3)7-13(11)16-14(17)12(15)8-18-4;/h9-13H,5-8,15H2,1-4H3,(H,16,17);1H. The van der Waals surface area contributed by atoms with E-state index in [2.05, 4.69) is 26.1 Å². The summed E-state index contributed by atoms with van der Waals surface area (Å²) in [5.74, 6) is 1.77. The summed E-state index contributed by atoms with van der Waals surface area (Å²) in [5.41, 5.74) is 5.76. The van der Waals surface area contributed by atoms with E-state index in [0.717, 1.165) is 6.42 Å². The van der Waals surface area contributed by atoms with E-state index in [1.54, 1.807) is 7.11 Å². The minimum absolute atomic E-state index is 0. The van der Waals surface area contributed by atoms with Crippen LogP contribution in [-0.2, 0) is 9.53 Å². The Morgan fingerprint density at radius 3 is 2.58 bits per heavy atom. The van der Waals surface area contributed by atoms with Crippen molar-refractivity contribution in [2.45, 2.75) is 52.1 Å². The van der Waals surface area contributed by atoms with Gasteiger partial charge in [0.1, 0.15) is 6.04 Å². The van der Waals surface area contributed by atoms with Crippen LogP contribution in [-0.4, -0.2) is 31.7 Å². The van der Waals surface area contributed by atoms with E-state index in [9.17, 15) is 4.79 Å². The SMILES string of the molecule is COCC(N)C(=O)NC1CC(C)CCC1C(C)C.Cl. The molecule has 1 aliphatic carbocycles. The lowest BCUT2D eigenvalue weighted by atomic mass is 9.74. The molecule has 1 amide bonds. The van der Waals surface area contributed by atoms with Gasteiger partial charge in [-0.3, -0.25) is 4.79 Å². The fraction of sp³-hybridized carbons (Fsp3) is 0.929. The molecule has 114 valence electrons. The number of halogens is 1. The molecule has 0 spiro atoms. The van der Waals surface area contributed by atoms with Crippen LogP contribution < -0.4 is 11.1 Å². The van der Waals surface area contributed by atoms with Gasteiger partial charge in [-0.2, -0.15) is 0 Å². The average molecular weight is 293 g/mol. The first-order chi connectivity index (χ1) is 8.45. The molecular formula is C14H29ClN2O2. The van der Waals surface area contributed by atoms with E-state index in [1.807, 2.05) is 0 Å². The van der Waals surface area contributed by atoms with Crippen molar-refractivity contribution in [1.29, 1.82) is 0 Å². The number of hydrogen-bond acceptors (Lipinski definition) is 3. The zero-order valence-electron chi connectivity index (χ0n) is 12.5. The van der Waals surface area contributed by atoms with Crippen molar-refractivity contribution >= 4 is 18.3 Å². The molecule has 0 bridgehead atoms. The second-order valence-electron chi connectivity index (χ2n) is 6.00. The van der Waals surface area contributed by atoms with Crippen molar-refractivity contribution in [3.63, 3.8) is 0 Å². The lowest BCUT2D eigenvalue weighted by Crippen LogP contribution is -2.52. The van der Waals surface area contributed by atoms with Crippen LogP contribution in [0.1, 0.15) is 40.0 Å². The maximum atomic E-state index is 12.0. The quantitative estimate of drug-likeness (QED) is 0.814. The number of rotatable bonds is 5. The minimum atomic E-state index is -0.556. The molecule has 1 saturated carbocycles. The van der Waals surface area contributed by atoms with E-state index < -0.39 is 6.04 Å². The molecule has 1 fully saturated rings. The maximum Gasteiger partial charge on any atom is 0.239 e. The third kappa shape index (κ3) is 5.67. The topological polar surface area (TPSA) is 64.3 Å². The van der Waals surface area contributed by atoms with E-state index >= 15 is 0 Å². The molecule has 4 atom stereocenters. The van der Waals surface area contributed by atoms with Crippen molar-refractivity contribution in [3.8, 4) is 0 Å². The molecule has 1 rings (SSSR count). The lowest BCUT2D eigenvalue weighted by Gasteiger charge is -2.38. The third-order valence-corrected chi connectivity index (χ3v) is 4.03. The smallest absolute Gasteiger partial charge is 0.239 e. The predicted octanol–water partition coefficient (Wildman–Crippen LogP) is 1.96. The Morgan fingerprint density at radius 1 is 1.42 bits per heavy atom. The zero-order chi connectivity index (χ0) is 13.7. The van der Waals surface area contributed by atoms with E-state index in [4.69, 9.17) is 10.5 Å². The number of hydrogen-bond donors (Lipinski definition) is 2. The van der Waals surface area contributed by atoms with Gasteiger partial charge in [-0.1, -0.05) is 27.2 Å². The molecule has 5 heteroatoms. The number of carbonyl (C=O) groups is 1. The van der Waals surface area contributed by atoms with Gasteiger partial charge in [0.15, 0.2) is 0 Å². The highest BCUT2D eigenvalue weighted by atomic mass is 35.5. The Hall–Kier alpha value is -0.320. The van der Waals surface area contributed by atoms with E-state index in [-0.39, 0.29) is 31.0 Å². The highest BCUT2D eigenvalue weighted by Gasteiger charge is 2.32. The first-order valence-electron chi connectivity index (χ1n) is 7.00. The maximum absolute atomic E-state index is 12.0. The van der Waals surface area contributed by atoms with E-state index in [1.165, 1.54) is 12.8 Å². The molecule has 1 aliphatic rings. The number of nitrogens with one attached hydrogen (secondary N) is 1. The molecule has 0 radical (unpaired) electrons. The van der Waals surface area contributed by atoms with Gasteiger partial charge < -0.3 is 15.8 Å². The Kier molecular flexibility index (Phi) is 8.62. The van der Waals surface area contributed by atoms with Crippen LogP contribution in [0.5, 0.6) is 0 Å². The Balaban J connectivity index is 0.00000324. The number of amides is 1. The summed E-state index contributed by atoms with van der Waals surface area (Å²) in [5, 5.41) is 3.12. The Bertz CT molecular complexity index is 274. The van der Waals surface area contributed by atoms with Crippen LogP contribution in [0, 0.1) is 17.8 Å². The highest BCUT2D eigenvalue weighted by molar-refractivity contribution is 5.85. The van der Waals surface area contributed by atoms with Gasteiger partial charge in [0.05, 0.1) is 6.61 Å².